The van der Waals surface area contributed by atoms with E-state index < -0.39 is 5.41 Å². The molecule has 0 saturated carbocycles. The van der Waals surface area contributed by atoms with E-state index in [-0.39, 0.29) is 11.9 Å². The lowest BCUT2D eigenvalue weighted by atomic mass is 9.81. The molecule has 0 aliphatic heterocycles. The van der Waals surface area contributed by atoms with Gasteiger partial charge in [0.1, 0.15) is 0 Å². The van der Waals surface area contributed by atoms with Gasteiger partial charge in [0, 0.05) is 12.6 Å². The molecule has 1 atom stereocenters. The summed E-state index contributed by atoms with van der Waals surface area (Å²) in [5.41, 5.74) is 7.17. The van der Waals surface area contributed by atoms with Crippen molar-refractivity contribution in [3.05, 3.63) is 35.4 Å². The highest BCUT2D eigenvalue weighted by atomic mass is 16.2. The second-order valence-electron chi connectivity index (χ2n) is 5.05. The number of hydrogen-bond donors (Lipinski definition) is 2. The Morgan fingerprint density at radius 2 is 2.00 bits per heavy atom. The minimum Gasteiger partial charge on any atom is -0.352 e. The standard InChI is InChI=1S/C14H22N2O/c1-10-7-5-6-8-12(10)14(3,4)13(17)16-11(2)9-15/h5-8,11H,9,15H2,1-4H3,(H,16,17)/t11-/m0/s1. The number of hydrogen-bond acceptors (Lipinski definition) is 2. The summed E-state index contributed by atoms with van der Waals surface area (Å²) in [6.07, 6.45) is 0. The molecule has 17 heavy (non-hydrogen) atoms. The summed E-state index contributed by atoms with van der Waals surface area (Å²) < 4.78 is 0. The van der Waals surface area contributed by atoms with Crippen molar-refractivity contribution in [2.45, 2.75) is 39.2 Å². The smallest absolute Gasteiger partial charge is 0.230 e. The summed E-state index contributed by atoms with van der Waals surface area (Å²) in [4.78, 5) is 12.2. The number of amides is 1. The van der Waals surface area contributed by atoms with Crippen LogP contribution in [0.3, 0.4) is 0 Å². The maximum absolute atomic E-state index is 12.2. The number of nitrogens with two attached hydrogens (primary N) is 1. The van der Waals surface area contributed by atoms with Crippen LogP contribution in [0.2, 0.25) is 0 Å². The first-order chi connectivity index (χ1) is 7.89. The van der Waals surface area contributed by atoms with E-state index >= 15 is 0 Å². The molecular formula is C14H22N2O. The first-order valence-corrected chi connectivity index (χ1v) is 5.96. The van der Waals surface area contributed by atoms with E-state index in [9.17, 15) is 4.79 Å². The van der Waals surface area contributed by atoms with Crippen molar-refractivity contribution in [2.75, 3.05) is 6.54 Å². The highest BCUT2D eigenvalue weighted by Gasteiger charge is 2.31. The van der Waals surface area contributed by atoms with Crippen LogP contribution in [-0.2, 0) is 10.2 Å². The summed E-state index contributed by atoms with van der Waals surface area (Å²) in [6, 6.07) is 7.98. The maximum atomic E-state index is 12.2. The van der Waals surface area contributed by atoms with Crippen LogP contribution in [-0.4, -0.2) is 18.5 Å². The second kappa shape index (κ2) is 5.32. The van der Waals surface area contributed by atoms with Crippen LogP contribution in [0, 0.1) is 6.92 Å². The van der Waals surface area contributed by atoms with Gasteiger partial charge in [0.25, 0.3) is 0 Å². The van der Waals surface area contributed by atoms with E-state index in [4.69, 9.17) is 5.73 Å². The van der Waals surface area contributed by atoms with Crippen molar-refractivity contribution < 1.29 is 4.79 Å². The molecular weight excluding hydrogens is 212 g/mol. The average Bonchev–Trinajstić information content (AvgIpc) is 2.29. The fourth-order valence-electron chi connectivity index (χ4n) is 1.86. The molecule has 0 aromatic heterocycles. The van der Waals surface area contributed by atoms with Crippen molar-refractivity contribution in [2.24, 2.45) is 5.73 Å². The Bertz CT molecular complexity index is 399. The number of carbonyl (C=O) groups excluding carboxylic acids is 1. The van der Waals surface area contributed by atoms with Crippen LogP contribution >= 0.6 is 0 Å². The van der Waals surface area contributed by atoms with E-state index in [0.29, 0.717) is 6.54 Å². The molecule has 3 nitrogen and oxygen atoms in total. The highest BCUT2D eigenvalue weighted by Crippen LogP contribution is 2.26. The van der Waals surface area contributed by atoms with Crippen molar-refractivity contribution in [3.63, 3.8) is 0 Å². The molecule has 94 valence electrons. The van der Waals surface area contributed by atoms with Gasteiger partial charge in [-0.15, -0.1) is 0 Å². The predicted molar refractivity (Wildman–Crippen MR) is 70.9 cm³/mol. The van der Waals surface area contributed by atoms with E-state index in [1.54, 1.807) is 0 Å². The molecule has 3 heteroatoms. The van der Waals surface area contributed by atoms with Gasteiger partial charge >= 0.3 is 0 Å². The molecule has 1 aromatic carbocycles. The molecule has 0 spiro atoms. The Morgan fingerprint density at radius 1 is 1.41 bits per heavy atom. The Kier molecular flexibility index (Phi) is 4.29. The molecule has 0 bridgehead atoms. The van der Waals surface area contributed by atoms with Crippen molar-refractivity contribution in [1.29, 1.82) is 0 Å². The Balaban J connectivity index is 2.95. The summed E-state index contributed by atoms with van der Waals surface area (Å²) in [5.74, 6) is 0.0183. The van der Waals surface area contributed by atoms with Gasteiger partial charge in [0.15, 0.2) is 0 Å². The van der Waals surface area contributed by atoms with Crippen LogP contribution < -0.4 is 11.1 Å². The first-order valence-electron chi connectivity index (χ1n) is 5.96. The largest absolute Gasteiger partial charge is 0.352 e. The van der Waals surface area contributed by atoms with E-state index in [0.717, 1.165) is 11.1 Å². The molecule has 1 amide bonds. The SMILES string of the molecule is Cc1ccccc1C(C)(C)C(=O)N[C@@H](C)CN. The Hall–Kier alpha value is -1.35. The quantitative estimate of drug-likeness (QED) is 0.833. The molecule has 0 aliphatic rings. The van der Waals surface area contributed by atoms with Gasteiger partial charge in [-0.2, -0.15) is 0 Å². The molecule has 0 radical (unpaired) electrons. The summed E-state index contributed by atoms with van der Waals surface area (Å²) in [7, 11) is 0. The van der Waals surface area contributed by atoms with Crippen molar-refractivity contribution >= 4 is 5.91 Å². The van der Waals surface area contributed by atoms with Crippen LogP contribution in [0.1, 0.15) is 31.9 Å². The molecule has 1 aromatic rings. The van der Waals surface area contributed by atoms with Crippen LogP contribution in [0.4, 0.5) is 0 Å². The van der Waals surface area contributed by atoms with Gasteiger partial charge in [0.2, 0.25) is 5.91 Å². The van der Waals surface area contributed by atoms with Gasteiger partial charge in [-0.05, 0) is 38.8 Å². The molecule has 0 fully saturated rings. The zero-order valence-electron chi connectivity index (χ0n) is 11.1. The van der Waals surface area contributed by atoms with Crippen LogP contribution in [0.5, 0.6) is 0 Å². The summed E-state index contributed by atoms with van der Waals surface area (Å²) in [5, 5.41) is 2.93. The lowest BCUT2D eigenvalue weighted by Crippen LogP contribution is -2.46. The topological polar surface area (TPSA) is 55.1 Å². The minimum absolute atomic E-state index is 0.00536. The van der Waals surface area contributed by atoms with Gasteiger partial charge < -0.3 is 11.1 Å². The average molecular weight is 234 g/mol. The highest BCUT2D eigenvalue weighted by molar-refractivity contribution is 5.87. The fourth-order valence-corrected chi connectivity index (χ4v) is 1.86. The summed E-state index contributed by atoms with van der Waals surface area (Å²) >= 11 is 0. The first kappa shape index (κ1) is 13.7. The van der Waals surface area contributed by atoms with E-state index in [1.165, 1.54) is 0 Å². The van der Waals surface area contributed by atoms with E-state index in [2.05, 4.69) is 5.32 Å². The van der Waals surface area contributed by atoms with Gasteiger partial charge in [-0.3, -0.25) is 4.79 Å². The molecule has 0 aliphatic carbocycles. The molecule has 1 rings (SSSR count). The predicted octanol–water partition coefficient (Wildman–Crippen LogP) is 1.74. The summed E-state index contributed by atoms with van der Waals surface area (Å²) in [6.45, 7) is 8.26. The normalized spacial score (nSPS) is 13.2. The Labute approximate surface area is 103 Å². The van der Waals surface area contributed by atoms with Crippen LogP contribution in [0.25, 0.3) is 0 Å². The number of aryl methyl sites for hydroxylation is 1. The van der Waals surface area contributed by atoms with Crippen molar-refractivity contribution in [1.82, 2.24) is 5.32 Å². The minimum atomic E-state index is -0.533. The lowest BCUT2D eigenvalue weighted by molar-refractivity contribution is -0.126. The molecule has 0 unspecified atom stereocenters. The number of rotatable bonds is 4. The molecule has 0 heterocycles. The number of nitrogens with one attached hydrogen (secondary N) is 1. The van der Waals surface area contributed by atoms with Crippen LogP contribution in [0.15, 0.2) is 24.3 Å². The van der Waals surface area contributed by atoms with Gasteiger partial charge in [-0.25, -0.2) is 0 Å². The molecule has 3 N–H and O–H groups in total. The number of carbonyl (C=O) groups is 1. The maximum Gasteiger partial charge on any atom is 0.230 e. The van der Waals surface area contributed by atoms with Gasteiger partial charge in [0.05, 0.1) is 5.41 Å². The van der Waals surface area contributed by atoms with E-state index in [1.807, 2.05) is 52.0 Å². The zero-order chi connectivity index (χ0) is 13.1. The molecule has 0 saturated heterocycles. The number of benzene rings is 1. The zero-order valence-corrected chi connectivity index (χ0v) is 11.1. The third-order valence-corrected chi connectivity index (χ3v) is 3.12. The second-order valence-corrected chi connectivity index (χ2v) is 5.05. The third kappa shape index (κ3) is 3.07. The fraction of sp³-hybridized carbons (Fsp3) is 0.500. The van der Waals surface area contributed by atoms with Gasteiger partial charge in [-0.1, -0.05) is 24.3 Å². The lowest BCUT2D eigenvalue weighted by Gasteiger charge is -2.27. The van der Waals surface area contributed by atoms with Crippen molar-refractivity contribution in [3.8, 4) is 0 Å². The monoisotopic (exact) mass is 234 g/mol. The Morgan fingerprint density at radius 3 is 2.53 bits per heavy atom. The third-order valence-electron chi connectivity index (χ3n) is 3.12.